The number of hydrogen-bond acceptors (Lipinski definition) is 6. The molecular weight excluding hydrogens is 322 g/mol. The first-order valence-electron chi connectivity index (χ1n) is 8.26. The number of hydrogen-bond donors (Lipinski definition) is 1. The van der Waals surface area contributed by atoms with Crippen molar-refractivity contribution in [2.75, 3.05) is 18.4 Å². The molecule has 0 bridgehead atoms. The van der Waals surface area contributed by atoms with Crippen LogP contribution >= 0.6 is 11.3 Å². The molecule has 2 aromatic rings. The van der Waals surface area contributed by atoms with E-state index in [1.807, 2.05) is 44.0 Å². The Balaban J connectivity index is 1.76. The molecule has 1 aliphatic heterocycles. The van der Waals surface area contributed by atoms with Crippen LogP contribution in [-0.2, 0) is 4.79 Å². The van der Waals surface area contributed by atoms with Crippen LogP contribution in [0.4, 0.5) is 10.9 Å². The fraction of sp³-hybridized carbons (Fsp3) is 0.529. The Bertz CT molecular complexity index is 742. The van der Waals surface area contributed by atoms with Crippen LogP contribution in [0.5, 0.6) is 0 Å². The molecule has 7 heteroatoms. The highest BCUT2D eigenvalue weighted by molar-refractivity contribution is 7.13. The maximum absolute atomic E-state index is 12.2. The number of anilines is 2. The fourth-order valence-electron chi connectivity index (χ4n) is 2.95. The van der Waals surface area contributed by atoms with Gasteiger partial charge in [-0.1, -0.05) is 13.8 Å². The first-order valence-corrected chi connectivity index (χ1v) is 9.14. The molecule has 0 radical (unpaired) electrons. The third kappa shape index (κ3) is 3.72. The third-order valence-corrected chi connectivity index (χ3v) is 5.00. The monoisotopic (exact) mass is 345 g/mol. The molecule has 0 aliphatic carbocycles. The quantitative estimate of drug-likeness (QED) is 0.921. The number of nitrogens with one attached hydrogen (secondary N) is 1. The van der Waals surface area contributed by atoms with E-state index >= 15 is 0 Å². The summed E-state index contributed by atoms with van der Waals surface area (Å²) in [7, 11) is 0. The molecule has 0 saturated carbocycles. The van der Waals surface area contributed by atoms with E-state index in [4.69, 9.17) is 0 Å². The van der Waals surface area contributed by atoms with Crippen molar-refractivity contribution >= 4 is 28.2 Å². The summed E-state index contributed by atoms with van der Waals surface area (Å²) in [5.41, 5.74) is 1.99. The van der Waals surface area contributed by atoms with Crippen molar-refractivity contribution in [3.05, 3.63) is 28.7 Å². The zero-order chi connectivity index (χ0) is 17.3. The van der Waals surface area contributed by atoms with Gasteiger partial charge in [0.15, 0.2) is 5.13 Å². The molecule has 3 rings (SSSR count). The zero-order valence-corrected chi connectivity index (χ0v) is 15.4. The van der Waals surface area contributed by atoms with Crippen LogP contribution < -0.4 is 5.32 Å². The number of rotatable bonds is 4. The Kier molecular flexibility index (Phi) is 4.80. The van der Waals surface area contributed by atoms with Crippen LogP contribution in [0.15, 0.2) is 11.4 Å². The third-order valence-electron chi connectivity index (χ3n) is 4.12. The van der Waals surface area contributed by atoms with Crippen molar-refractivity contribution in [3.63, 3.8) is 0 Å². The van der Waals surface area contributed by atoms with Gasteiger partial charge in [0, 0.05) is 36.4 Å². The van der Waals surface area contributed by atoms with E-state index in [2.05, 4.69) is 20.3 Å². The molecule has 0 spiro atoms. The standard InChI is InChI=1S/C17H23N5OS/c1-10(2)16(23)22-6-5-13(8-22)14-7-15(20-12(4)19-14)21-17-18-11(3)9-24-17/h7,9-10,13H,5-6,8H2,1-4H3,(H,18,19,20,21). The predicted octanol–water partition coefficient (Wildman–Crippen LogP) is 3.27. The van der Waals surface area contributed by atoms with Gasteiger partial charge in [-0.15, -0.1) is 11.3 Å². The predicted molar refractivity (Wildman–Crippen MR) is 95.7 cm³/mol. The Labute approximate surface area is 146 Å². The summed E-state index contributed by atoms with van der Waals surface area (Å²) >= 11 is 1.56. The van der Waals surface area contributed by atoms with Crippen molar-refractivity contribution in [2.45, 2.75) is 40.0 Å². The summed E-state index contributed by atoms with van der Waals surface area (Å²) in [5, 5.41) is 6.09. The van der Waals surface area contributed by atoms with Crippen LogP contribution in [0.1, 0.15) is 43.4 Å². The zero-order valence-electron chi connectivity index (χ0n) is 14.5. The molecule has 6 nitrogen and oxygen atoms in total. The molecule has 1 unspecified atom stereocenters. The number of thiazole rings is 1. The van der Waals surface area contributed by atoms with Gasteiger partial charge in [-0.05, 0) is 20.3 Å². The molecule has 1 fully saturated rings. The number of carbonyl (C=O) groups excluding carboxylic acids is 1. The van der Waals surface area contributed by atoms with Crippen molar-refractivity contribution in [2.24, 2.45) is 5.92 Å². The summed E-state index contributed by atoms with van der Waals surface area (Å²) in [4.78, 5) is 27.6. The molecule has 1 saturated heterocycles. The normalized spacial score (nSPS) is 17.5. The minimum Gasteiger partial charge on any atom is -0.342 e. The van der Waals surface area contributed by atoms with Gasteiger partial charge in [0.1, 0.15) is 11.6 Å². The van der Waals surface area contributed by atoms with Crippen LogP contribution in [0.25, 0.3) is 0 Å². The Morgan fingerprint density at radius 2 is 2.12 bits per heavy atom. The highest BCUT2D eigenvalue weighted by atomic mass is 32.1. The molecule has 1 N–H and O–H groups in total. The van der Waals surface area contributed by atoms with E-state index in [0.29, 0.717) is 0 Å². The van der Waals surface area contributed by atoms with Crippen molar-refractivity contribution in [1.29, 1.82) is 0 Å². The van der Waals surface area contributed by atoms with E-state index in [0.717, 1.165) is 47.7 Å². The van der Waals surface area contributed by atoms with E-state index in [9.17, 15) is 4.79 Å². The average molecular weight is 345 g/mol. The molecule has 24 heavy (non-hydrogen) atoms. The number of aryl methyl sites for hydroxylation is 2. The molecular formula is C17H23N5OS. The van der Waals surface area contributed by atoms with Gasteiger partial charge in [-0.25, -0.2) is 15.0 Å². The summed E-state index contributed by atoms with van der Waals surface area (Å²) < 4.78 is 0. The second-order valence-electron chi connectivity index (χ2n) is 6.57. The van der Waals surface area contributed by atoms with E-state index in [1.54, 1.807) is 11.3 Å². The molecule has 3 heterocycles. The van der Waals surface area contributed by atoms with Gasteiger partial charge in [0.05, 0.1) is 11.4 Å². The largest absolute Gasteiger partial charge is 0.342 e. The number of aromatic nitrogens is 3. The van der Waals surface area contributed by atoms with Gasteiger partial charge in [-0.3, -0.25) is 4.79 Å². The minimum atomic E-state index is 0.0428. The second kappa shape index (κ2) is 6.84. The van der Waals surface area contributed by atoms with Crippen molar-refractivity contribution in [3.8, 4) is 0 Å². The smallest absolute Gasteiger partial charge is 0.225 e. The molecule has 2 aromatic heterocycles. The van der Waals surface area contributed by atoms with Crippen LogP contribution in [0.2, 0.25) is 0 Å². The van der Waals surface area contributed by atoms with Crippen LogP contribution in [0.3, 0.4) is 0 Å². The fourth-order valence-corrected chi connectivity index (χ4v) is 3.65. The van der Waals surface area contributed by atoms with Crippen LogP contribution in [-0.4, -0.2) is 38.8 Å². The molecule has 128 valence electrons. The van der Waals surface area contributed by atoms with Crippen molar-refractivity contribution < 1.29 is 4.79 Å². The Morgan fingerprint density at radius 3 is 2.79 bits per heavy atom. The lowest BCUT2D eigenvalue weighted by molar-refractivity contribution is -0.133. The number of nitrogens with zero attached hydrogens (tertiary/aromatic N) is 4. The lowest BCUT2D eigenvalue weighted by atomic mass is 10.0. The first kappa shape index (κ1) is 16.8. The number of likely N-dealkylation sites (tertiary alicyclic amines) is 1. The number of carbonyl (C=O) groups is 1. The highest BCUT2D eigenvalue weighted by Gasteiger charge is 2.29. The second-order valence-corrected chi connectivity index (χ2v) is 7.43. The average Bonchev–Trinajstić information content (AvgIpc) is 3.15. The minimum absolute atomic E-state index is 0.0428. The Morgan fingerprint density at radius 1 is 1.33 bits per heavy atom. The lowest BCUT2D eigenvalue weighted by Crippen LogP contribution is -2.32. The van der Waals surface area contributed by atoms with Gasteiger partial charge in [-0.2, -0.15) is 0 Å². The van der Waals surface area contributed by atoms with E-state index in [-0.39, 0.29) is 17.7 Å². The van der Waals surface area contributed by atoms with Gasteiger partial charge < -0.3 is 10.2 Å². The number of amides is 1. The topological polar surface area (TPSA) is 71.0 Å². The lowest BCUT2D eigenvalue weighted by Gasteiger charge is -2.18. The maximum atomic E-state index is 12.2. The van der Waals surface area contributed by atoms with Gasteiger partial charge in [0.25, 0.3) is 0 Å². The van der Waals surface area contributed by atoms with Crippen LogP contribution in [0, 0.1) is 19.8 Å². The molecule has 1 amide bonds. The summed E-state index contributed by atoms with van der Waals surface area (Å²) in [6.45, 7) is 9.30. The highest BCUT2D eigenvalue weighted by Crippen LogP contribution is 2.29. The van der Waals surface area contributed by atoms with Gasteiger partial charge in [0.2, 0.25) is 5.91 Å². The molecule has 0 aromatic carbocycles. The van der Waals surface area contributed by atoms with E-state index < -0.39 is 0 Å². The molecule has 1 aliphatic rings. The summed E-state index contributed by atoms with van der Waals surface area (Å²) in [6.07, 6.45) is 0.949. The SMILES string of the molecule is Cc1csc(Nc2cc(C3CCN(C(=O)C(C)C)C3)nc(C)n2)n1. The Hall–Kier alpha value is -2.02. The first-order chi connectivity index (χ1) is 11.4. The summed E-state index contributed by atoms with van der Waals surface area (Å²) in [5.74, 6) is 2.03. The molecule has 1 atom stereocenters. The van der Waals surface area contributed by atoms with Gasteiger partial charge >= 0.3 is 0 Å². The van der Waals surface area contributed by atoms with E-state index in [1.165, 1.54) is 0 Å². The maximum Gasteiger partial charge on any atom is 0.225 e. The summed E-state index contributed by atoms with van der Waals surface area (Å²) in [6, 6.07) is 1.98. The van der Waals surface area contributed by atoms with Crippen molar-refractivity contribution in [1.82, 2.24) is 19.9 Å².